The van der Waals surface area contributed by atoms with Crippen LogP contribution in [-0.2, 0) is 10.8 Å². The molecule has 0 aromatic carbocycles. The maximum Gasteiger partial charge on any atom is 0.0357 e. The number of hydrogen-bond donors (Lipinski definition) is 1. The summed E-state index contributed by atoms with van der Waals surface area (Å²) in [5.74, 6) is 1.54. The minimum Gasteiger partial charge on any atom is -0.313 e. The van der Waals surface area contributed by atoms with E-state index in [0.717, 1.165) is 18.2 Å². The summed E-state index contributed by atoms with van der Waals surface area (Å²) in [5.41, 5.74) is 0. The normalized spacial score (nSPS) is 26.6. The van der Waals surface area contributed by atoms with Crippen molar-refractivity contribution in [1.29, 1.82) is 0 Å². The zero-order valence-corrected chi connectivity index (χ0v) is 11.7. The van der Waals surface area contributed by atoms with Crippen molar-refractivity contribution in [2.75, 3.05) is 38.2 Å². The molecule has 1 rings (SSSR count). The van der Waals surface area contributed by atoms with Gasteiger partial charge in [0, 0.05) is 41.9 Å². The molecule has 0 radical (unpaired) electrons. The minimum atomic E-state index is -0.668. The molecule has 0 aromatic heterocycles. The summed E-state index contributed by atoms with van der Waals surface area (Å²) in [6, 6.07) is 0.554. The van der Waals surface area contributed by atoms with E-state index < -0.39 is 10.8 Å². The van der Waals surface area contributed by atoms with E-state index in [4.69, 9.17) is 0 Å². The molecule has 1 aliphatic heterocycles. The average molecular weight is 246 g/mol. The van der Waals surface area contributed by atoms with Crippen molar-refractivity contribution in [2.24, 2.45) is 5.92 Å². The molecule has 1 saturated heterocycles. The van der Waals surface area contributed by atoms with Crippen LogP contribution in [0.1, 0.15) is 26.7 Å². The molecule has 1 heterocycles. The summed E-state index contributed by atoms with van der Waals surface area (Å²) in [4.78, 5) is 2.53. The third kappa shape index (κ3) is 4.93. The third-order valence-corrected chi connectivity index (χ3v) is 4.33. The fourth-order valence-electron chi connectivity index (χ4n) is 2.38. The molecule has 0 spiro atoms. The Morgan fingerprint density at radius 3 is 2.94 bits per heavy atom. The van der Waals surface area contributed by atoms with E-state index in [1.54, 1.807) is 6.26 Å². The molecule has 3 nitrogen and oxygen atoms in total. The summed E-state index contributed by atoms with van der Waals surface area (Å²) in [7, 11) is -0.668. The molecule has 0 aliphatic carbocycles. The van der Waals surface area contributed by atoms with E-state index in [-0.39, 0.29) is 0 Å². The van der Waals surface area contributed by atoms with Gasteiger partial charge in [-0.3, -0.25) is 4.21 Å². The zero-order chi connectivity index (χ0) is 12.0. The van der Waals surface area contributed by atoms with E-state index in [9.17, 15) is 4.21 Å². The first-order chi connectivity index (χ1) is 7.63. The number of piperidine rings is 1. The molecular formula is C12H26N2OS. The Labute approximate surface area is 102 Å². The monoisotopic (exact) mass is 246 g/mol. The van der Waals surface area contributed by atoms with Crippen LogP contribution in [0.15, 0.2) is 0 Å². The van der Waals surface area contributed by atoms with Gasteiger partial charge in [0.15, 0.2) is 0 Å². The Hall–Kier alpha value is 0.0700. The average Bonchev–Trinajstić information content (AvgIpc) is 2.28. The quantitative estimate of drug-likeness (QED) is 0.761. The van der Waals surface area contributed by atoms with Gasteiger partial charge >= 0.3 is 0 Å². The molecule has 96 valence electrons. The summed E-state index contributed by atoms with van der Waals surface area (Å²) in [5, 5.41) is 3.51. The lowest BCUT2D eigenvalue weighted by molar-refractivity contribution is 0.158. The predicted molar refractivity (Wildman–Crippen MR) is 71.2 cm³/mol. The van der Waals surface area contributed by atoms with Crippen molar-refractivity contribution in [2.45, 2.75) is 32.7 Å². The Bertz CT molecular complexity index is 223. The summed E-state index contributed by atoms with van der Waals surface area (Å²) >= 11 is 0. The van der Waals surface area contributed by atoms with Crippen molar-refractivity contribution >= 4 is 10.8 Å². The van der Waals surface area contributed by atoms with Crippen LogP contribution in [0.4, 0.5) is 0 Å². The minimum absolute atomic E-state index is 0.554. The molecule has 0 bridgehead atoms. The second-order valence-electron chi connectivity index (χ2n) is 4.82. The van der Waals surface area contributed by atoms with Crippen LogP contribution >= 0.6 is 0 Å². The largest absolute Gasteiger partial charge is 0.313 e. The number of nitrogens with zero attached hydrogens (tertiary/aromatic N) is 1. The Morgan fingerprint density at radius 1 is 1.56 bits per heavy atom. The SMILES string of the molecule is CCN1CCCC(C(C)NCCS(C)=O)C1. The zero-order valence-electron chi connectivity index (χ0n) is 10.9. The van der Waals surface area contributed by atoms with Crippen LogP contribution in [0.25, 0.3) is 0 Å². The third-order valence-electron chi connectivity index (χ3n) is 3.55. The van der Waals surface area contributed by atoms with E-state index >= 15 is 0 Å². The van der Waals surface area contributed by atoms with Gasteiger partial charge in [0.2, 0.25) is 0 Å². The van der Waals surface area contributed by atoms with Gasteiger partial charge in [-0.2, -0.15) is 0 Å². The Balaban J connectivity index is 2.24. The lowest BCUT2D eigenvalue weighted by Gasteiger charge is -2.35. The van der Waals surface area contributed by atoms with E-state index in [1.807, 2.05) is 0 Å². The van der Waals surface area contributed by atoms with Gasteiger partial charge in [0.1, 0.15) is 0 Å². The Morgan fingerprint density at radius 2 is 2.31 bits per heavy atom. The van der Waals surface area contributed by atoms with Gasteiger partial charge in [-0.15, -0.1) is 0 Å². The van der Waals surface area contributed by atoms with E-state index in [0.29, 0.717) is 6.04 Å². The van der Waals surface area contributed by atoms with Crippen LogP contribution in [0.2, 0.25) is 0 Å². The van der Waals surface area contributed by atoms with Gasteiger partial charge in [-0.1, -0.05) is 6.92 Å². The molecule has 1 N–H and O–H groups in total. The van der Waals surface area contributed by atoms with Gasteiger partial charge in [-0.05, 0) is 38.8 Å². The van der Waals surface area contributed by atoms with E-state index in [2.05, 4.69) is 24.1 Å². The molecule has 0 aromatic rings. The van der Waals surface area contributed by atoms with Gasteiger partial charge in [0.25, 0.3) is 0 Å². The number of rotatable bonds is 6. The van der Waals surface area contributed by atoms with Crippen LogP contribution < -0.4 is 5.32 Å². The first-order valence-corrected chi connectivity index (χ1v) is 8.12. The highest BCUT2D eigenvalue weighted by Crippen LogP contribution is 2.19. The van der Waals surface area contributed by atoms with Gasteiger partial charge in [0.05, 0.1) is 0 Å². The van der Waals surface area contributed by atoms with Crippen molar-refractivity contribution < 1.29 is 4.21 Å². The number of hydrogen-bond acceptors (Lipinski definition) is 3. The summed E-state index contributed by atoms with van der Waals surface area (Å²) < 4.78 is 11.0. The fraction of sp³-hybridized carbons (Fsp3) is 1.00. The summed E-state index contributed by atoms with van der Waals surface area (Å²) in [6.45, 7) is 9.04. The van der Waals surface area contributed by atoms with Crippen LogP contribution in [0.5, 0.6) is 0 Å². The maximum atomic E-state index is 11.0. The molecule has 4 heteroatoms. The smallest absolute Gasteiger partial charge is 0.0357 e. The van der Waals surface area contributed by atoms with Gasteiger partial charge in [-0.25, -0.2) is 0 Å². The predicted octanol–water partition coefficient (Wildman–Crippen LogP) is 1.07. The molecular weight excluding hydrogens is 220 g/mol. The lowest BCUT2D eigenvalue weighted by Crippen LogP contribution is -2.45. The van der Waals surface area contributed by atoms with Crippen LogP contribution in [-0.4, -0.2) is 53.3 Å². The molecule has 1 fully saturated rings. The van der Waals surface area contributed by atoms with Crippen LogP contribution in [0, 0.1) is 5.92 Å². The fourth-order valence-corrected chi connectivity index (χ4v) is 2.79. The highest BCUT2D eigenvalue weighted by Gasteiger charge is 2.23. The maximum absolute atomic E-state index is 11.0. The second kappa shape index (κ2) is 7.41. The lowest BCUT2D eigenvalue weighted by atomic mass is 9.91. The topological polar surface area (TPSA) is 32.3 Å². The van der Waals surface area contributed by atoms with E-state index in [1.165, 1.54) is 32.5 Å². The summed E-state index contributed by atoms with van der Waals surface area (Å²) in [6.07, 6.45) is 4.43. The molecule has 3 atom stereocenters. The Kier molecular flexibility index (Phi) is 6.54. The molecule has 1 aliphatic rings. The first kappa shape index (κ1) is 14.1. The molecule has 0 amide bonds. The highest BCUT2D eigenvalue weighted by molar-refractivity contribution is 7.84. The molecule has 0 saturated carbocycles. The van der Waals surface area contributed by atoms with Crippen LogP contribution in [0.3, 0.4) is 0 Å². The highest BCUT2D eigenvalue weighted by atomic mass is 32.2. The molecule has 3 unspecified atom stereocenters. The second-order valence-corrected chi connectivity index (χ2v) is 6.37. The number of likely N-dealkylation sites (tertiary alicyclic amines) is 1. The van der Waals surface area contributed by atoms with Crippen molar-refractivity contribution in [3.8, 4) is 0 Å². The standard InChI is InChI=1S/C12H26N2OS/c1-4-14-8-5-6-12(10-14)11(2)13-7-9-16(3)15/h11-13H,4-10H2,1-3H3. The van der Waals surface area contributed by atoms with Gasteiger partial charge < -0.3 is 10.2 Å². The van der Waals surface area contributed by atoms with Crippen molar-refractivity contribution in [3.05, 3.63) is 0 Å². The van der Waals surface area contributed by atoms with Crippen molar-refractivity contribution in [3.63, 3.8) is 0 Å². The number of nitrogens with one attached hydrogen (secondary N) is 1. The first-order valence-electron chi connectivity index (χ1n) is 6.39. The van der Waals surface area contributed by atoms with Crippen molar-refractivity contribution in [1.82, 2.24) is 10.2 Å². The molecule has 16 heavy (non-hydrogen) atoms.